The third-order valence-corrected chi connectivity index (χ3v) is 6.95. The summed E-state index contributed by atoms with van der Waals surface area (Å²) in [5.41, 5.74) is -0.0744. The van der Waals surface area contributed by atoms with Gasteiger partial charge in [-0.1, -0.05) is 71.4 Å². The minimum absolute atomic E-state index is 0.0780. The first-order chi connectivity index (χ1) is 18.4. The Bertz CT molecular complexity index is 904. The van der Waals surface area contributed by atoms with Crippen molar-refractivity contribution in [3.8, 4) is 5.75 Å². The van der Waals surface area contributed by atoms with Gasteiger partial charge in [-0.05, 0) is 70.1 Å². The molecular formula is C31H51N3O5. The molecule has 2 atom stereocenters. The number of ether oxygens (including phenoxy) is 1. The third-order valence-electron chi connectivity index (χ3n) is 6.95. The number of amides is 3. The van der Waals surface area contributed by atoms with E-state index < -0.39 is 23.8 Å². The van der Waals surface area contributed by atoms with Crippen molar-refractivity contribution < 1.29 is 24.2 Å². The number of hydrogen-bond donors (Lipinski definition) is 3. The summed E-state index contributed by atoms with van der Waals surface area (Å²) < 4.78 is 5.47. The molecule has 1 aliphatic carbocycles. The van der Waals surface area contributed by atoms with Gasteiger partial charge in [0.1, 0.15) is 23.4 Å². The third kappa shape index (κ3) is 11.5. The van der Waals surface area contributed by atoms with Crippen molar-refractivity contribution in [2.24, 2.45) is 5.92 Å². The molecule has 8 heteroatoms. The maximum atomic E-state index is 14.2. The van der Waals surface area contributed by atoms with Crippen molar-refractivity contribution in [1.82, 2.24) is 15.5 Å². The second kappa shape index (κ2) is 15.7. The number of rotatable bonds is 13. The second-order valence-corrected chi connectivity index (χ2v) is 12.3. The smallest absolute Gasteiger partial charge is 0.408 e. The Morgan fingerprint density at radius 1 is 1.03 bits per heavy atom. The van der Waals surface area contributed by atoms with E-state index in [0.717, 1.165) is 51.4 Å². The Balaban J connectivity index is 2.45. The Morgan fingerprint density at radius 3 is 2.23 bits per heavy atom. The van der Waals surface area contributed by atoms with Crippen molar-refractivity contribution in [2.75, 3.05) is 6.54 Å². The maximum Gasteiger partial charge on any atom is 0.408 e. The molecule has 0 radical (unpaired) electrons. The van der Waals surface area contributed by atoms with Crippen LogP contribution in [0.4, 0.5) is 4.79 Å². The van der Waals surface area contributed by atoms with Gasteiger partial charge in [0.2, 0.25) is 11.8 Å². The molecule has 0 spiro atoms. The lowest BCUT2D eigenvalue weighted by molar-refractivity contribution is -0.143. The summed E-state index contributed by atoms with van der Waals surface area (Å²) in [5, 5.41) is 15.9. The minimum atomic E-state index is -0.878. The molecular weight excluding hydrogens is 494 g/mol. The predicted molar refractivity (Wildman–Crippen MR) is 154 cm³/mol. The van der Waals surface area contributed by atoms with E-state index in [2.05, 4.69) is 17.6 Å². The fourth-order valence-electron chi connectivity index (χ4n) is 5.07. The first kappa shape index (κ1) is 32.4. The topological polar surface area (TPSA) is 108 Å². The van der Waals surface area contributed by atoms with Gasteiger partial charge < -0.3 is 25.4 Å². The number of benzene rings is 1. The van der Waals surface area contributed by atoms with Crippen molar-refractivity contribution in [2.45, 2.75) is 129 Å². The van der Waals surface area contributed by atoms with Crippen molar-refractivity contribution in [3.05, 3.63) is 29.8 Å². The van der Waals surface area contributed by atoms with Crippen molar-refractivity contribution >= 4 is 17.9 Å². The van der Waals surface area contributed by atoms with Gasteiger partial charge in [0.05, 0.1) is 0 Å². The lowest BCUT2D eigenvalue weighted by Gasteiger charge is -2.36. The molecule has 0 aromatic heterocycles. The van der Waals surface area contributed by atoms with Crippen molar-refractivity contribution in [1.29, 1.82) is 0 Å². The van der Waals surface area contributed by atoms with Crippen LogP contribution in [0.5, 0.6) is 5.75 Å². The predicted octanol–water partition coefficient (Wildman–Crippen LogP) is 6.23. The molecule has 1 aromatic rings. The molecule has 2 unspecified atom stereocenters. The van der Waals surface area contributed by atoms with E-state index >= 15 is 0 Å². The largest absolute Gasteiger partial charge is 0.508 e. The van der Waals surface area contributed by atoms with Crippen LogP contribution in [0.3, 0.4) is 0 Å². The maximum absolute atomic E-state index is 14.2. The van der Waals surface area contributed by atoms with Crippen LogP contribution < -0.4 is 10.6 Å². The quantitative estimate of drug-likeness (QED) is 0.255. The van der Waals surface area contributed by atoms with Crippen LogP contribution in [0.1, 0.15) is 117 Å². The van der Waals surface area contributed by atoms with Gasteiger partial charge in [-0.25, -0.2) is 4.79 Å². The van der Waals surface area contributed by atoms with E-state index in [1.807, 2.05) is 13.8 Å². The zero-order valence-corrected chi connectivity index (χ0v) is 24.9. The monoisotopic (exact) mass is 545 g/mol. The van der Waals surface area contributed by atoms with Crippen LogP contribution in [0, 0.1) is 5.92 Å². The van der Waals surface area contributed by atoms with Gasteiger partial charge in [0.15, 0.2) is 0 Å². The Labute approximate surface area is 235 Å². The lowest BCUT2D eigenvalue weighted by atomic mass is 9.94. The van der Waals surface area contributed by atoms with Crippen LogP contribution in [0.15, 0.2) is 24.3 Å². The van der Waals surface area contributed by atoms with Crippen LogP contribution in [-0.2, 0) is 14.3 Å². The summed E-state index contributed by atoms with van der Waals surface area (Å²) in [4.78, 5) is 42.5. The van der Waals surface area contributed by atoms with Crippen LogP contribution in [-0.4, -0.2) is 52.1 Å². The molecule has 0 aliphatic heterocycles. The van der Waals surface area contributed by atoms with Gasteiger partial charge in [-0.3, -0.25) is 9.59 Å². The molecule has 3 N–H and O–H groups in total. The minimum Gasteiger partial charge on any atom is -0.508 e. The van der Waals surface area contributed by atoms with Gasteiger partial charge in [0.25, 0.3) is 0 Å². The average molecular weight is 546 g/mol. The first-order valence-corrected chi connectivity index (χ1v) is 14.8. The first-order valence-electron chi connectivity index (χ1n) is 14.8. The van der Waals surface area contributed by atoms with E-state index in [1.54, 1.807) is 49.9 Å². The summed E-state index contributed by atoms with van der Waals surface area (Å²) >= 11 is 0. The number of aromatic hydroxyl groups is 1. The van der Waals surface area contributed by atoms with Crippen LogP contribution in [0.2, 0.25) is 0 Å². The summed E-state index contributed by atoms with van der Waals surface area (Å²) in [6.07, 6.45) is 8.69. The summed E-state index contributed by atoms with van der Waals surface area (Å²) in [6.45, 7) is 11.8. The summed E-state index contributed by atoms with van der Waals surface area (Å²) in [7, 11) is 0. The van der Waals surface area contributed by atoms with Gasteiger partial charge in [-0.15, -0.1) is 0 Å². The summed E-state index contributed by atoms with van der Waals surface area (Å²) in [5.74, 6) is -0.311. The van der Waals surface area contributed by atoms with Crippen LogP contribution in [0.25, 0.3) is 0 Å². The van der Waals surface area contributed by atoms with E-state index in [-0.39, 0.29) is 29.5 Å². The highest BCUT2D eigenvalue weighted by atomic mass is 16.6. The molecule has 220 valence electrons. The van der Waals surface area contributed by atoms with Gasteiger partial charge >= 0.3 is 6.09 Å². The molecule has 8 nitrogen and oxygen atoms in total. The Kier molecular flexibility index (Phi) is 13.1. The normalized spacial score (nSPS) is 15.9. The lowest BCUT2D eigenvalue weighted by Crippen LogP contribution is -2.54. The van der Waals surface area contributed by atoms with Gasteiger partial charge in [-0.2, -0.15) is 0 Å². The highest BCUT2D eigenvalue weighted by molar-refractivity contribution is 5.92. The Hall–Kier alpha value is -2.77. The summed E-state index contributed by atoms with van der Waals surface area (Å²) in [6, 6.07) is 4.84. The highest BCUT2D eigenvalue weighted by Crippen LogP contribution is 2.27. The zero-order valence-electron chi connectivity index (χ0n) is 24.9. The van der Waals surface area contributed by atoms with E-state index in [4.69, 9.17) is 4.74 Å². The molecule has 3 amide bonds. The Morgan fingerprint density at radius 2 is 1.67 bits per heavy atom. The molecule has 0 heterocycles. The molecule has 1 aliphatic rings. The molecule has 0 saturated heterocycles. The number of alkyl carbamates (subject to hydrolysis) is 1. The fraction of sp³-hybridized carbons (Fsp3) is 0.710. The number of carbonyl (C=O) groups is 3. The molecule has 1 saturated carbocycles. The van der Waals surface area contributed by atoms with Crippen molar-refractivity contribution in [3.63, 3.8) is 0 Å². The van der Waals surface area contributed by atoms with E-state index in [9.17, 15) is 19.5 Å². The number of nitrogens with zero attached hydrogens (tertiary/aromatic N) is 1. The number of carbonyl (C=O) groups excluding carboxylic acids is 3. The molecule has 0 bridgehead atoms. The number of hydrogen-bond acceptors (Lipinski definition) is 5. The molecule has 39 heavy (non-hydrogen) atoms. The molecule has 2 rings (SSSR count). The highest BCUT2D eigenvalue weighted by Gasteiger charge is 2.37. The number of phenols is 1. The van der Waals surface area contributed by atoms with E-state index in [1.165, 1.54) is 6.42 Å². The standard InChI is InChI=1S/C31H51N3O5/c1-7-8-9-13-20-34(29(37)26(21-22(2)3)33-30(38)39-31(4,5)6)27(23-16-18-25(35)19-17-23)28(36)32-24-14-11-10-12-15-24/h16-19,22,24,26-27,35H,7-15,20-21H2,1-6H3,(H,32,36)(H,33,38). The molecule has 1 fully saturated rings. The number of nitrogens with one attached hydrogen (secondary N) is 2. The number of unbranched alkanes of at least 4 members (excludes halogenated alkanes) is 3. The van der Waals surface area contributed by atoms with Gasteiger partial charge in [0, 0.05) is 12.6 Å². The average Bonchev–Trinajstić information content (AvgIpc) is 2.85. The second-order valence-electron chi connectivity index (χ2n) is 12.3. The fourth-order valence-corrected chi connectivity index (χ4v) is 5.07. The molecule has 1 aromatic carbocycles. The zero-order chi connectivity index (χ0) is 29.0. The SMILES string of the molecule is CCCCCCN(C(=O)C(CC(C)C)NC(=O)OC(C)(C)C)C(C(=O)NC1CCCCC1)c1ccc(O)cc1. The number of phenolic OH excluding ortho intramolecular Hbond substituents is 1. The van der Waals surface area contributed by atoms with E-state index in [0.29, 0.717) is 18.5 Å². The van der Waals surface area contributed by atoms with Crippen LogP contribution >= 0.6 is 0 Å².